The van der Waals surface area contributed by atoms with Crippen molar-refractivity contribution in [3.05, 3.63) is 48.0 Å². The number of carbonyl (C=O) groups is 1. The quantitative estimate of drug-likeness (QED) is 0.726. The second-order valence-electron chi connectivity index (χ2n) is 4.80. The van der Waals surface area contributed by atoms with Crippen molar-refractivity contribution < 1.29 is 10.0 Å². The monoisotopic (exact) mass is 283 g/mol. The fraction of sp³-hybridized carbons (Fsp3) is 0.188. The van der Waals surface area contributed by atoms with E-state index in [2.05, 4.69) is 5.32 Å². The van der Waals surface area contributed by atoms with Gasteiger partial charge in [0.1, 0.15) is 0 Å². The number of para-hydroxylation sites is 2. The van der Waals surface area contributed by atoms with Crippen molar-refractivity contribution in [1.29, 1.82) is 0 Å². The van der Waals surface area contributed by atoms with Crippen molar-refractivity contribution in [2.45, 2.75) is 6.92 Å². The van der Waals surface area contributed by atoms with Crippen LogP contribution in [0.25, 0.3) is 21.8 Å². The third kappa shape index (κ3) is 1.94. The van der Waals surface area contributed by atoms with Gasteiger partial charge < -0.3 is 5.32 Å². The Morgan fingerprint density at radius 2 is 1.90 bits per heavy atom. The number of carbonyl (C=O) groups excluding carboxylic acids is 1. The first-order valence-corrected chi connectivity index (χ1v) is 6.90. The largest absolute Gasteiger partial charge is 0.355 e. The number of aromatic nitrogens is 1. The zero-order valence-corrected chi connectivity index (χ0v) is 12.0. The number of benzene rings is 2. The molecule has 0 unspecified atom stereocenters. The minimum atomic E-state index is -0.172. The normalized spacial score (nSPS) is 11.0. The van der Waals surface area contributed by atoms with Crippen LogP contribution >= 0.6 is 0 Å². The van der Waals surface area contributed by atoms with E-state index in [4.69, 9.17) is 0 Å². The number of nitrogens with one attached hydrogen (secondary N) is 1. The molecule has 3 rings (SSSR count). The molecule has 21 heavy (non-hydrogen) atoms. The molecule has 0 aliphatic carbocycles. The predicted octanol–water partition coefficient (Wildman–Crippen LogP) is 2.50. The summed E-state index contributed by atoms with van der Waals surface area (Å²) in [5, 5.41) is 16.0. The number of rotatable bonds is 3. The van der Waals surface area contributed by atoms with E-state index in [1.807, 2.05) is 43.3 Å². The standard InChI is InChI=1S/C16H17N3O2/c1-3-18(21)19-14-10-5-4-7-11(14)12-8-6-9-13(15(12)19)16(20)17-2/h4-10,21H,3H2,1-2H3,(H,17,20). The second-order valence-corrected chi connectivity index (χ2v) is 4.80. The van der Waals surface area contributed by atoms with Gasteiger partial charge in [-0.2, -0.15) is 5.17 Å². The lowest BCUT2D eigenvalue weighted by Crippen LogP contribution is -2.31. The SMILES string of the molecule is CCN(O)n1c2ccccc2c2cccc(C(=O)NC)c21. The summed E-state index contributed by atoms with van der Waals surface area (Å²) < 4.78 is 1.69. The van der Waals surface area contributed by atoms with Gasteiger partial charge in [0.2, 0.25) is 0 Å². The topological polar surface area (TPSA) is 57.5 Å². The molecule has 5 heteroatoms. The van der Waals surface area contributed by atoms with Crippen molar-refractivity contribution in [1.82, 2.24) is 9.99 Å². The number of fused-ring (bicyclic) bond motifs is 3. The molecule has 0 saturated heterocycles. The lowest BCUT2D eigenvalue weighted by molar-refractivity contribution is 0.0964. The van der Waals surface area contributed by atoms with Crippen LogP contribution in [0.15, 0.2) is 42.5 Å². The van der Waals surface area contributed by atoms with Gasteiger partial charge in [0.05, 0.1) is 23.1 Å². The van der Waals surface area contributed by atoms with Crippen LogP contribution in [0.5, 0.6) is 0 Å². The number of hydrogen-bond donors (Lipinski definition) is 2. The van der Waals surface area contributed by atoms with Crippen molar-refractivity contribution in [2.75, 3.05) is 18.8 Å². The van der Waals surface area contributed by atoms with Crippen molar-refractivity contribution in [2.24, 2.45) is 0 Å². The van der Waals surface area contributed by atoms with Gasteiger partial charge in [0.15, 0.2) is 0 Å². The van der Waals surface area contributed by atoms with Crippen LogP contribution in [-0.2, 0) is 0 Å². The first kappa shape index (κ1) is 13.5. The van der Waals surface area contributed by atoms with E-state index in [-0.39, 0.29) is 5.91 Å². The van der Waals surface area contributed by atoms with Crippen molar-refractivity contribution >= 4 is 27.7 Å². The Bertz CT molecular complexity index is 823. The molecule has 0 aliphatic rings. The summed E-state index contributed by atoms with van der Waals surface area (Å²) in [4.78, 5) is 12.1. The van der Waals surface area contributed by atoms with Crippen molar-refractivity contribution in [3.63, 3.8) is 0 Å². The van der Waals surface area contributed by atoms with Crippen LogP contribution in [0, 0.1) is 0 Å². The molecule has 0 bridgehead atoms. The smallest absolute Gasteiger partial charge is 0.253 e. The van der Waals surface area contributed by atoms with Gasteiger partial charge in [-0.05, 0) is 19.1 Å². The van der Waals surface area contributed by atoms with Gasteiger partial charge in [-0.15, -0.1) is 0 Å². The fourth-order valence-corrected chi connectivity index (χ4v) is 2.69. The van der Waals surface area contributed by atoms with Crippen LogP contribution < -0.4 is 10.5 Å². The number of hydroxylamine groups is 1. The summed E-state index contributed by atoms with van der Waals surface area (Å²) in [6, 6.07) is 13.4. The van der Waals surface area contributed by atoms with E-state index in [9.17, 15) is 10.0 Å². The Kier molecular flexibility index (Phi) is 3.27. The highest BCUT2D eigenvalue weighted by atomic mass is 16.5. The molecular weight excluding hydrogens is 266 g/mol. The third-order valence-electron chi connectivity index (χ3n) is 3.66. The van der Waals surface area contributed by atoms with Crippen LogP contribution in [0.3, 0.4) is 0 Å². The molecule has 5 nitrogen and oxygen atoms in total. The number of hydrogen-bond acceptors (Lipinski definition) is 3. The third-order valence-corrected chi connectivity index (χ3v) is 3.66. The molecule has 0 fully saturated rings. The first-order chi connectivity index (χ1) is 10.2. The molecule has 0 spiro atoms. The maximum absolute atomic E-state index is 12.1. The zero-order valence-electron chi connectivity index (χ0n) is 12.0. The van der Waals surface area contributed by atoms with Crippen molar-refractivity contribution in [3.8, 4) is 0 Å². The molecule has 1 amide bonds. The van der Waals surface area contributed by atoms with Gasteiger partial charge in [-0.3, -0.25) is 10.0 Å². The minimum absolute atomic E-state index is 0.172. The molecular formula is C16H17N3O2. The van der Waals surface area contributed by atoms with Crippen LogP contribution in [0.1, 0.15) is 17.3 Å². The highest BCUT2D eigenvalue weighted by molar-refractivity contribution is 6.15. The predicted molar refractivity (Wildman–Crippen MR) is 83.4 cm³/mol. The Balaban J connectivity index is 2.50. The van der Waals surface area contributed by atoms with Gasteiger partial charge in [0.25, 0.3) is 5.91 Å². The molecule has 2 N–H and O–H groups in total. The Hall–Kier alpha value is -2.53. The molecule has 108 valence electrons. The fourth-order valence-electron chi connectivity index (χ4n) is 2.69. The number of amides is 1. The van der Waals surface area contributed by atoms with Gasteiger partial charge in [-0.1, -0.05) is 30.3 Å². The highest BCUT2D eigenvalue weighted by Gasteiger charge is 2.19. The summed E-state index contributed by atoms with van der Waals surface area (Å²) in [5.41, 5.74) is 2.12. The molecule has 2 aromatic carbocycles. The maximum Gasteiger partial charge on any atom is 0.253 e. The summed E-state index contributed by atoms with van der Waals surface area (Å²) in [7, 11) is 1.60. The molecule has 0 saturated carbocycles. The Morgan fingerprint density at radius 3 is 2.62 bits per heavy atom. The summed E-state index contributed by atoms with van der Waals surface area (Å²) in [5.74, 6) is -0.172. The van der Waals surface area contributed by atoms with Crippen LogP contribution in [0.4, 0.5) is 0 Å². The van der Waals surface area contributed by atoms with E-state index < -0.39 is 0 Å². The summed E-state index contributed by atoms with van der Waals surface area (Å²) in [6.07, 6.45) is 0. The van der Waals surface area contributed by atoms with Gasteiger partial charge in [0, 0.05) is 17.8 Å². The number of nitrogens with zero attached hydrogens (tertiary/aromatic N) is 2. The molecule has 1 heterocycles. The molecule has 0 aliphatic heterocycles. The van der Waals surface area contributed by atoms with Crippen LogP contribution in [-0.4, -0.2) is 29.4 Å². The lowest BCUT2D eigenvalue weighted by Gasteiger charge is -2.19. The first-order valence-electron chi connectivity index (χ1n) is 6.90. The maximum atomic E-state index is 12.1. The average molecular weight is 283 g/mol. The van der Waals surface area contributed by atoms with E-state index in [0.29, 0.717) is 17.6 Å². The average Bonchev–Trinajstić information content (AvgIpc) is 2.88. The Morgan fingerprint density at radius 1 is 1.19 bits per heavy atom. The molecule has 0 radical (unpaired) electrons. The summed E-state index contributed by atoms with van der Waals surface area (Å²) >= 11 is 0. The molecule has 1 aromatic heterocycles. The second kappa shape index (κ2) is 5.10. The lowest BCUT2D eigenvalue weighted by atomic mass is 10.1. The van der Waals surface area contributed by atoms with E-state index >= 15 is 0 Å². The van der Waals surface area contributed by atoms with E-state index in [0.717, 1.165) is 21.5 Å². The molecule has 3 aromatic rings. The van der Waals surface area contributed by atoms with E-state index in [1.54, 1.807) is 17.8 Å². The van der Waals surface area contributed by atoms with Gasteiger partial charge in [-0.25, -0.2) is 4.68 Å². The van der Waals surface area contributed by atoms with Crippen LogP contribution in [0.2, 0.25) is 0 Å². The summed E-state index contributed by atoms with van der Waals surface area (Å²) in [6.45, 7) is 2.26. The zero-order chi connectivity index (χ0) is 15.0. The molecule has 0 atom stereocenters. The van der Waals surface area contributed by atoms with E-state index in [1.165, 1.54) is 0 Å². The highest BCUT2D eigenvalue weighted by Crippen LogP contribution is 2.31. The Labute approximate surface area is 122 Å². The van der Waals surface area contributed by atoms with Gasteiger partial charge >= 0.3 is 0 Å². The minimum Gasteiger partial charge on any atom is -0.355 e.